The molecule has 1 aromatic heterocycles. The Morgan fingerprint density at radius 3 is 2.32 bits per heavy atom. The Balaban J connectivity index is 1.18. The number of nitrogens with one attached hydrogen (secondary N) is 2. The fourth-order valence-electron chi connectivity index (χ4n) is 5.59. The van der Waals surface area contributed by atoms with Crippen LogP contribution in [0.25, 0.3) is 0 Å². The van der Waals surface area contributed by atoms with Crippen molar-refractivity contribution in [2.45, 2.75) is 70.3 Å². The average molecular weight is 477 g/mol. The molecule has 1 heterocycles. The molecule has 2 saturated carbocycles. The summed E-state index contributed by atoms with van der Waals surface area (Å²) in [6.07, 6.45) is 8.70. The fourth-order valence-corrected chi connectivity index (χ4v) is 6.95. The number of rotatable bonds is 8. The molecule has 0 radical (unpaired) electrons. The zero-order chi connectivity index (χ0) is 23.2. The maximum Gasteiger partial charge on any atom is 0.252 e. The van der Waals surface area contributed by atoms with Crippen LogP contribution in [0.5, 0.6) is 0 Å². The second-order valence-electron chi connectivity index (χ2n) is 10.7. The van der Waals surface area contributed by atoms with Crippen LogP contribution in [-0.4, -0.2) is 30.2 Å². The lowest BCUT2D eigenvalue weighted by molar-refractivity contribution is -0.126. The van der Waals surface area contributed by atoms with Crippen LogP contribution in [0.4, 0.5) is 0 Å². The highest BCUT2D eigenvalue weighted by atomic mass is 32.1. The number of ketones is 1. The second-order valence-corrected chi connectivity index (χ2v) is 11.9. The molecular formula is C28H32N2O3S. The molecule has 2 fully saturated rings. The molecule has 4 aliphatic rings. The van der Waals surface area contributed by atoms with Gasteiger partial charge in [-0.05, 0) is 80.4 Å². The summed E-state index contributed by atoms with van der Waals surface area (Å²) < 4.78 is 0. The molecule has 2 N–H and O–H groups in total. The van der Waals surface area contributed by atoms with Crippen molar-refractivity contribution in [3.05, 3.63) is 56.3 Å². The predicted octanol–water partition coefficient (Wildman–Crippen LogP) is 3.80. The largest absolute Gasteiger partial charge is 0.352 e. The molecule has 0 spiro atoms. The lowest BCUT2D eigenvalue weighted by atomic mass is 9.84. The number of carbonyl (C=O) groups is 3. The molecule has 34 heavy (non-hydrogen) atoms. The first kappa shape index (κ1) is 22.0. The van der Waals surface area contributed by atoms with Crippen LogP contribution in [0.15, 0.2) is 24.3 Å². The van der Waals surface area contributed by atoms with E-state index in [2.05, 4.69) is 34.9 Å². The van der Waals surface area contributed by atoms with Gasteiger partial charge >= 0.3 is 0 Å². The number of hydrogen-bond donors (Lipinski definition) is 2. The van der Waals surface area contributed by atoms with Crippen molar-refractivity contribution in [1.29, 1.82) is 0 Å². The first-order valence-electron chi connectivity index (χ1n) is 12.9. The zero-order valence-corrected chi connectivity index (χ0v) is 20.3. The van der Waals surface area contributed by atoms with Gasteiger partial charge in [-0.25, -0.2) is 0 Å². The van der Waals surface area contributed by atoms with E-state index in [4.69, 9.17) is 0 Å². The van der Waals surface area contributed by atoms with Crippen LogP contribution in [0.1, 0.15) is 68.9 Å². The second kappa shape index (κ2) is 8.95. The fraction of sp³-hybridized carbons (Fsp3) is 0.536. The van der Waals surface area contributed by atoms with Gasteiger partial charge in [0.05, 0.1) is 5.56 Å². The van der Waals surface area contributed by atoms with Gasteiger partial charge in [0.15, 0.2) is 0 Å². The lowest BCUT2D eigenvalue weighted by Crippen LogP contribution is -2.41. The van der Waals surface area contributed by atoms with Gasteiger partial charge in [-0.3, -0.25) is 14.4 Å². The van der Waals surface area contributed by atoms with Crippen LogP contribution in [0.2, 0.25) is 0 Å². The van der Waals surface area contributed by atoms with E-state index in [1.807, 2.05) is 0 Å². The summed E-state index contributed by atoms with van der Waals surface area (Å²) in [5, 5.41) is 6.42. The van der Waals surface area contributed by atoms with E-state index in [1.54, 1.807) is 11.3 Å². The van der Waals surface area contributed by atoms with Crippen molar-refractivity contribution in [1.82, 2.24) is 10.6 Å². The molecule has 1 aromatic carbocycles. The lowest BCUT2D eigenvalue weighted by Gasteiger charge is -2.24. The molecule has 6 heteroatoms. The molecule has 0 saturated heterocycles. The van der Waals surface area contributed by atoms with E-state index in [1.165, 1.54) is 28.8 Å². The summed E-state index contributed by atoms with van der Waals surface area (Å²) >= 11 is 1.64. The standard InChI is InChI=1S/C28H32N2O3S/c31-23(17-7-8-17)14-25-26(28(33)29-15-16-5-6-16)22-13-20(9-10-24(22)34-25)27(32)30-21-11-18-3-1-2-4-19(18)12-21/h1-4,16-17,20-21H,5-15H2,(H,29,33)(H,30,32). The Labute approximate surface area is 204 Å². The quantitative estimate of drug-likeness (QED) is 0.609. The number of Topliss-reactive ketones (excluding diaryl/α,β-unsaturated/α-hetero) is 1. The molecule has 0 bridgehead atoms. The predicted molar refractivity (Wildman–Crippen MR) is 132 cm³/mol. The van der Waals surface area contributed by atoms with Gasteiger partial charge in [0.25, 0.3) is 5.91 Å². The first-order chi connectivity index (χ1) is 16.5. The maximum atomic E-state index is 13.3. The Kier molecular flexibility index (Phi) is 5.80. The van der Waals surface area contributed by atoms with E-state index in [-0.39, 0.29) is 35.5 Å². The van der Waals surface area contributed by atoms with Gasteiger partial charge in [0.2, 0.25) is 5.91 Å². The summed E-state index contributed by atoms with van der Waals surface area (Å²) in [7, 11) is 0. The first-order valence-corrected chi connectivity index (χ1v) is 13.7. The van der Waals surface area contributed by atoms with Crippen LogP contribution in [0.3, 0.4) is 0 Å². The highest BCUT2D eigenvalue weighted by molar-refractivity contribution is 7.12. The van der Waals surface area contributed by atoms with Crippen molar-refractivity contribution in [3.8, 4) is 0 Å². The number of fused-ring (bicyclic) bond motifs is 2. The van der Waals surface area contributed by atoms with Crippen LogP contribution in [0, 0.1) is 17.8 Å². The summed E-state index contributed by atoms with van der Waals surface area (Å²) in [6.45, 7) is 0.714. The third-order valence-corrected chi connectivity index (χ3v) is 9.24. The summed E-state index contributed by atoms with van der Waals surface area (Å²) in [4.78, 5) is 41.2. The molecule has 1 atom stereocenters. The highest BCUT2D eigenvalue weighted by Gasteiger charge is 2.36. The van der Waals surface area contributed by atoms with E-state index in [0.29, 0.717) is 30.9 Å². The molecule has 4 aliphatic carbocycles. The van der Waals surface area contributed by atoms with Gasteiger partial charge in [-0.15, -0.1) is 11.3 Å². The van der Waals surface area contributed by atoms with Gasteiger partial charge in [-0.2, -0.15) is 0 Å². The van der Waals surface area contributed by atoms with Crippen molar-refractivity contribution in [2.75, 3.05) is 6.54 Å². The van der Waals surface area contributed by atoms with Gasteiger partial charge in [-0.1, -0.05) is 24.3 Å². The normalized spacial score (nSPS) is 21.6. The minimum atomic E-state index is -0.118. The molecule has 178 valence electrons. The number of benzene rings is 1. The van der Waals surface area contributed by atoms with Gasteiger partial charge < -0.3 is 10.6 Å². The van der Waals surface area contributed by atoms with E-state index in [9.17, 15) is 14.4 Å². The molecule has 1 unspecified atom stereocenters. The van der Waals surface area contributed by atoms with Crippen molar-refractivity contribution in [2.24, 2.45) is 17.8 Å². The van der Waals surface area contributed by atoms with Crippen molar-refractivity contribution < 1.29 is 14.4 Å². The Hall–Kier alpha value is -2.47. The molecule has 5 nitrogen and oxygen atoms in total. The number of thiophene rings is 1. The molecule has 6 rings (SSSR count). The monoisotopic (exact) mass is 476 g/mol. The molecular weight excluding hydrogens is 444 g/mol. The summed E-state index contributed by atoms with van der Waals surface area (Å²) in [5.74, 6) is 1.00. The van der Waals surface area contributed by atoms with Gasteiger partial charge in [0, 0.05) is 40.6 Å². The summed E-state index contributed by atoms with van der Waals surface area (Å²) in [6, 6.07) is 8.57. The van der Waals surface area contributed by atoms with Crippen LogP contribution < -0.4 is 10.6 Å². The summed E-state index contributed by atoms with van der Waals surface area (Å²) in [5.41, 5.74) is 4.39. The third-order valence-electron chi connectivity index (χ3n) is 7.94. The van der Waals surface area contributed by atoms with E-state index in [0.717, 1.165) is 49.0 Å². The zero-order valence-electron chi connectivity index (χ0n) is 19.5. The maximum absolute atomic E-state index is 13.3. The Morgan fingerprint density at radius 2 is 1.65 bits per heavy atom. The average Bonchev–Trinajstić information content (AvgIpc) is 3.75. The Bertz CT molecular complexity index is 1120. The molecule has 2 amide bonds. The SMILES string of the molecule is O=C(NCC1CC1)c1c(CC(=O)C2CC2)sc2c1CC(C(=O)NC1Cc3ccccc3C1)CC2. The van der Waals surface area contributed by atoms with Gasteiger partial charge in [0.1, 0.15) is 5.78 Å². The van der Waals surface area contributed by atoms with E-state index < -0.39 is 0 Å². The molecule has 0 aliphatic heterocycles. The molecule has 2 aromatic rings. The topological polar surface area (TPSA) is 75.3 Å². The minimum absolute atomic E-state index is 0.0460. The van der Waals surface area contributed by atoms with Crippen LogP contribution >= 0.6 is 11.3 Å². The Morgan fingerprint density at radius 1 is 0.912 bits per heavy atom. The third kappa shape index (κ3) is 4.57. The van der Waals surface area contributed by atoms with E-state index >= 15 is 0 Å². The number of aryl methyl sites for hydroxylation is 1. The number of hydrogen-bond acceptors (Lipinski definition) is 4. The van der Waals surface area contributed by atoms with Crippen molar-refractivity contribution >= 4 is 28.9 Å². The smallest absolute Gasteiger partial charge is 0.252 e. The van der Waals surface area contributed by atoms with Crippen molar-refractivity contribution in [3.63, 3.8) is 0 Å². The minimum Gasteiger partial charge on any atom is -0.352 e. The highest BCUT2D eigenvalue weighted by Crippen LogP contribution is 2.39. The van der Waals surface area contributed by atoms with Crippen LogP contribution in [-0.2, 0) is 41.7 Å². The number of carbonyl (C=O) groups excluding carboxylic acids is 3. The number of amides is 2.